The van der Waals surface area contributed by atoms with E-state index >= 15 is 0 Å². The summed E-state index contributed by atoms with van der Waals surface area (Å²) in [6.07, 6.45) is 14.1. The van der Waals surface area contributed by atoms with Crippen LogP contribution in [0.2, 0.25) is 0 Å². The van der Waals surface area contributed by atoms with E-state index in [0.717, 1.165) is 64.2 Å². The van der Waals surface area contributed by atoms with Gasteiger partial charge < -0.3 is 62.1 Å². The highest BCUT2D eigenvalue weighted by atomic mass is 16.2. The lowest BCUT2D eigenvalue weighted by Gasteiger charge is -2.39. The molecule has 8 N–H and O–H groups in total. The summed E-state index contributed by atoms with van der Waals surface area (Å²) in [6.45, 7) is 4.81. The van der Waals surface area contributed by atoms with E-state index in [1.807, 2.05) is 36.4 Å². The third kappa shape index (κ3) is 15.0. The molecule has 80 heavy (non-hydrogen) atoms. The lowest BCUT2D eigenvalue weighted by molar-refractivity contribution is -0.145. The van der Waals surface area contributed by atoms with Crippen molar-refractivity contribution in [2.75, 3.05) is 53.4 Å². The van der Waals surface area contributed by atoms with Gasteiger partial charge in [-0.2, -0.15) is 0 Å². The van der Waals surface area contributed by atoms with Crippen LogP contribution in [0.4, 0.5) is 9.59 Å². The van der Waals surface area contributed by atoms with Crippen molar-refractivity contribution in [1.82, 2.24) is 62.1 Å². The Morgan fingerprint density at radius 2 is 0.875 bits per heavy atom. The molecule has 4 heterocycles. The van der Waals surface area contributed by atoms with Gasteiger partial charge in [0.2, 0.25) is 35.4 Å². The average molecular weight is 1110 g/mol. The number of carbonyl (C=O) groups is 8. The minimum atomic E-state index is -1.05. The van der Waals surface area contributed by atoms with Gasteiger partial charge in [0.25, 0.3) is 0 Å². The Balaban J connectivity index is 0.798. The average Bonchev–Trinajstić information content (AvgIpc) is 4.20. The highest BCUT2D eigenvalue weighted by Crippen LogP contribution is 2.37. The summed E-state index contributed by atoms with van der Waals surface area (Å²) >= 11 is 0. The highest BCUT2D eigenvalue weighted by molar-refractivity contribution is 5.96. The highest BCUT2D eigenvalue weighted by Gasteiger charge is 2.48. The largest absolute Gasteiger partial charge is 0.351 e. The van der Waals surface area contributed by atoms with Gasteiger partial charge in [0.15, 0.2) is 0 Å². The van der Waals surface area contributed by atoms with Gasteiger partial charge in [0.05, 0.1) is 25.2 Å². The number of benzene rings is 2. The lowest BCUT2D eigenvalue weighted by Crippen LogP contribution is -2.63. The van der Waals surface area contributed by atoms with Gasteiger partial charge in [0.1, 0.15) is 24.2 Å². The Bertz CT molecular complexity index is 2270. The van der Waals surface area contributed by atoms with Crippen LogP contribution in [0.1, 0.15) is 152 Å². The maximum atomic E-state index is 14.6. The predicted molar refractivity (Wildman–Crippen MR) is 305 cm³/mol. The minimum Gasteiger partial charge on any atom is -0.351 e. The molecule has 2 aliphatic carbocycles. The van der Waals surface area contributed by atoms with E-state index in [4.69, 9.17) is 0 Å². The lowest BCUT2D eigenvalue weighted by atomic mass is 9.80. The quantitative estimate of drug-likeness (QED) is 0.0942. The number of unbranched alkanes of at least 4 members (excludes halogenated alkanes) is 3. The molecule has 12 atom stereocenters. The minimum absolute atomic E-state index is 0.0375. The first-order valence-electron chi connectivity index (χ1n) is 30.1. The third-order valence-corrected chi connectivity index (χ3v) is 18.1. The Hall–Kier alpha value is -6.28. The fourth-order valence-corrected chi connectivity index (χ4v) is 13.3. The molecule has 0 spiro atoms. The molecular weight excluding hydrogens is 1020 g/mol. The number of urea groups is 2. The Kier molecular flexibility index (Phi) is 21.6. The number of fused-ring (bicyclic) bond motifs is 2. The van der Waals surface area contributed by atoms with E-state index in [9.17, 15) is 38.4 Å². The van der Waals surface area contributed by atoms with E-state index in [2.05, 4.69) is 66.8 Å². The molecule has 10 amide bonds. The van der Waals surface area contributed by atoms with E-state index in [1.165, 1.54) is 11.1 Å². The van der Waals surface area contributed by atoms with E-state index in [0.29, 0.717) is 77.5 Å². The molecule has 2 aromatic rings. The standard InChI is InChI=1S/C60H90N12O8/c1-39(61-3)53(73)67-49-37-69(35-31-43-27-29-51(71(43)57(49)77)55(75)65-47-25-15-13-23-45(47)41-19-9-7-10-20-41)59(79)63-33-17-5-6-18-34-64-60(80)70-36-32-44-28-30-52(72(44)58(78)50(38-70)68-54(74)40(2)62-4)56(76)66-48-26-16-14-24-46(48)42-21-11-8-12-22-42/h7-12,19-22,39-40,43-52,61-62H,5-6,13-18,23-38H2,1-4H3,(H,63,79)(H,64,80)(H,65,75)(H,66,76)(H,67,73)(H,68,74)/t39-,40-,43+,44+,45+,46+,47-,48-,49-,50-,51-,52-/m0/s1. The maximum Gasteiger partial charge on any atom is 0.317 e. The summed E-state index contributed by atoms with van der Waals surface area (Å²) < 4.78 is 0. The molecule has 0 radical (unpaired) electrons. The van der Waals surface area contributed by atoms with Crippen molar-refractivity contribution in [3.05, 3.63) is 71.8 Å². The van der Waals surface area contributed by atoms with Crippen molar-refractivity contribution in [2.24, 2.45) is 0 Å². The number of carbonyl (C=O) groups excluding carboxylic acids is 8. The van der Waals surface area contributed by atoms with Gasteiger partial charge in [-0.05, 0) is 116 Å². The second-order valence-electron chi connectivity index (χ2n) is 23.3. The van der Waals surface area contributed by atoms with Crippen molar-refractivity contribution in [2.45, 2.75) is 202 Å². The van der Waals surface area contributed by atoms with E-state index in [1.54, 1.807) is 47.5 Å². The molecule has 4 aliphatic heterocycles. The molecule has 4 saturated heterocycles. The van der Waals surface area contributed by atoms with Crippen LogP contribution in [-0.2, 0) is 28.8 Å². The molecule has 6 fully saturated rings. The van der Waals surface area contributed by atoms with Crippen molar-refractivity contribution in [3.8, 4) is 0 Å². The number of nitrogens with zero attached hydrogens (tertiary/aromatic N) is 4. The molecule has 8 rings (SSSR count). The van der Waals surface area contributed by atoms with Crippen LogP contribution in [-0.4, -0.2) is 181 Å². The van der Waals surface area contributed by atoms with Gasteiger partial charge >= 0.3 is 12.1 Å². The summed E-state index contributed by atoms with van der Waals surface area (Å²) in [5.41, 5.74) is 2.41. The van der Waals surface area contributed by atoms with Crippen LogP contribution >= 0.6 is 0 Å². The Labute approximate surface area is 473 Å². The number of hydrogen-bond donors (Lipinski definition) is 8. The Morgan fingerprint density at radius 3 is 1.26 bits per heavy atom. The van der Waals surface area contributed by atoms with E-state index in [-0.39, 0.29) is 96.6 Å². The predicted octanol–water partition coefficient (Wildman–Crippen LogP) is 3.97. The maximum absolute atomic E-state index is 14.6. The van der Waals surface area contributed by atoms with Crippen molar-refractivity contribution in [3.63, 3.8) is 0 Å². The summed E-state index contributed by atoms with van der Waals surface area (Å²) in [5, 5.41) is 24.4. The molecule has 6 aliphatic rings. The molecule has 20 nitrogen and oxygen atoms in total. The second-order valence-corrected chi connectivity index (χ2v) is 23.3. The molecule has 0 unspecified atom stereocenters. The molecule has 2 saturated carbocycles. The number of rotatable bonds is 19. The van der Waals surface area contributed by atoms with Gasteiger partial charge in [-0.15, -0.1) is 0 Å². The molecule has 2 aromatic carbocycles. The van der Waals surface area contributed by atoms with Gasteiger partial charge in [-0.25, -0.2) is 9.59 Å². The van der Waals surface area contributed by atoms with Gasteiger partial charge in [-0.1, -0.05) is 99.2 Å². The Morgan fingerprint density at radius 1 is 0.487 bits per heavy atom. The zero-order valence-corrected chi connectivity index (χ0v) is 47.7. The first kappa shape index (κ1) is 59.8. The summed E-state index contributed by atoms with van der Waals surface area (Å²) in [5.74, 6) is -1.39. The first-order valence-corrected chi connectivity index (χ1v) is 30.1. The van der Waals surface area contributed by atoms with Crippen LogP contribution in [0, 0.1) is 0 Å². The zero-order chi connectivity index (χ0) is 56.7. The summed E-state index contributed by atoms with van der Waals surface area (Å²) in [7, 11) is 3.33. The van der Waals surface area contributed by atoms with Crippen LogP contribution < -0.4 is 42.5 Å². The van der Waals surface area contributed by atoms with Gasteiger partial charge in [-0.3, -0.25) is 28.8 Å². The fraction of sp³-hybridized carbons (Fsp3) is 0.667. The normalized spacial score (nSPS) is 27.9. The molecule has 0 aromatic heterocycles. The first-order chi connectivity index (χ1) is 38.8. The third-order valence-electron chi connectivity index (χ3n) is 18.1. The number of hydrogen-bond acceptors (Lipinski definition) is 10. The van der Waals surface area contributed by atoms with Crippen molar-refractivity contribution < 1.29 is 38.4 Å². The van der Waals surface area contributed by atoms with Crippen molar-refractivity contribution >= 4 is 47.5 Å². The van der Waals surface area contributed by atoms with Crippen LogP contribution in [0.3, 0.4) is 0 Å². The van der Waals surface area contributed by atoms with Crippen molar-refractivity contribution in [1.29, 1.82) is 0 Å². The van der Waals surface area contributed by atoms with E-state index < -0.39 is 36.3 Å². The number of likely N-dealkylation sites (N-methyl/N-ethyl adjacent to an activating group) is 2. The van der Waals surface area contributed by atoms with Crippen LogP contribution in [0.25, 0.3) is 0 Å². The monoisotopic (exact) mass is 1110 g/mol. The van der Waals surface area contributed by atoms with Crippen LogP contribution in [0.15, 0.2) is 60.7 Å². The topological polar surface area (TPSA) is 246 Å². The van der Waals surface area contributed by atoms with Gasteiger partial charge in [0, 0.05) is 62.2 Å². The summed E-state index contributed by atoms with van der Waals surface area (Å²) in [6, 6.07) is 14.7. The molecule has 20 heteroatoms. The molecule has 438 valence electrons. The number of amides is 10. The molecular formula is C60H90N12O8. The number of nitrogens with one attached hydrogen (secondary N) is 8. The SMILES string of the molecule is CN[C@@H](C)C(=O)N[C@H]1CN(C(=O)NCCCCCCNC(=O)N2CC[C@H]3CC[C@@H](C(=O)N[C@H]4CCCC[C@@H]4c4ccccc4)N3C(=O)[C@@H](NC(=O)[C@H](C)NC)C2)CC[C@H]2CC[C@@H](C(=O)N[C@H]3CCCC[C@@H]3c3ccccc3)N2C1=O. The molecule has 0 bridgehead atoms. The zero-order valence-electron chi connectivity index (χ0n) is 47.7. The smallest absolute Gasteiger partial charge is 0.317 e. The second kappa shape index (κ2) is 28.9. The fourth-order valence-electron chi connectivity index (χ4n) is 13.3. The summed E-state index contributed by atoms with van der Waals surface area (Å²) in [4.78, 5) is 118. The van der Waals surface area contributed by atoms with Crippen LogP contribution in [0.5, 0.6) is 0 Å².